The van der Waals surface area contributed by atoms with Crippen LogP contribution in [0, 0.1) is 15.5 Å². The van der Waals surface area contributed by atoms with Crippen LogP contribution in [0.4, 0.5) is 5.69 Å². The molecule has 0 radical (unpaired) electrons. The van der Waals surface area contributed by atoms with Gasteiger partial charge in [0.25, 0.3) is 5.69 Å². The first-order valence-electron chi connectivity index (χ1n) is 8.90. The van der Waals surface area contributed by atoms with E-state index in [1.54, 1.807) is 15.6 Å². The van der Waals surface area contributed by atoms with E-state index >= 15 is 0 Å². The molecule has 1 N–H and O–H groups in total. The van der Waals surface area contributed by atoms with Crippen molar-refractivity contribution in [3.8, 4) is 0 Å². The highest BCUT2D eigenvalue weighted by atomic mass is 32.2. The minimum atomic E-state index is -3.74. The summed E-state index contributed by atoms with van der Waals surface area (Å²) >= 11 is 1.55. The monoisotopic (exact) mass is 407 g/mol. The van der Waals surface area contributed by atoms with Crippen LogP contribution in [0.5, 0.6) is 0 Å². The number of benzene rings is 1. The van der Waals surface area contributed by atoms with E-state index in [0.29, 0.717) is 6.54 Å². The number of hydrogen-bond acceptors (Lipinski definition) is 6. The van der Waals surface area contributed by atoms with Gasteiger partial charge in [-0.25, -0.2) is 8.42 Å². The molecule has 1 unspecified atom stereocenters. The molecule has 27 heavy (non-hydrogen) atoms. The standard InChI is InChI=1S/C18H21N3O4S2/c22-21(23)15-1-3-16(4-2-15)27(24,25)20(12-14-5-10-26-13-14)17-11-18(17)6-8-19-9-7-18/h1-5,10,13,17,19H,6-9,11-12H2. The molecule has 144 valence electrons. The topological polar surface area (TPSA) is 92.5 Å². The van der Waals surface area contributed by atoms with Crippen LogP contribution >= 0.6 is 11.3 Å². The molecular formula is C18H21N3O4S2. The minimum absolute atomic E-state index is 0.0142. The molecule has 1 saturated heterocycles. The molecule has 7 nitrogen and oxygen atoms in total. The molecule has 2 aliphatic rings. The summed E-state index contributed by atoms with van der Waals surface area (Å²) < 4.78 is 28.4. The quantitative estimate of drug-likeness (QED) is 0.587. The molecule has 1 aromatic heterocycles. The van der Waals surface area contributed by atoms with Crippen molar-refractivity contribution in [1.82, 2.24) is 9.62 Å². The molecule has 4 rings (SSSR count). The van der Waals surface area contributed by atoms with Crippen LogP contribution in [-0.2, 0) is 16.6 Å². The Kier molecular flexibility index (Phi) is 4.79. The Morgan fingerprint density at radius 3 is 2.52 bits per heavy atom. The molecule has 0 amide bonds. The molecule has 1 saturated carbocycles. The van der Waals surface area contributed by atoms with Crippen molar-refractivity contribution in [3.05, 3.63) is 56.8 Å². The summed E-state index contributed by atoms with van der Waals surface area (Å²) in [6.07, 6.45) is 2.84. The average Bonchev–Trinajstić information content (AvgIpc) is 3.08. The smallest absolute Gasteiger partial charge is 0.269 e. The van der Waals surface area contributed by atoms with E-state index in [-0.39, 0.29) is 22.0 Å². The van der Waals surface area contributed by atoms with E-state index in [1.807, 2.05) is 16.8 Å². The van der Waals surface area contributed by atoms with Gasteiger partial charge < -0.3 is 5.32 Å². The lowest BCUT2D eigenvalue weighted by Crippen LogP contribution is -2.39. The second-order valence-electron chi connectivity index (χ2n) is 7.27. The molecule has 1 spiro atoms. The molecule has 1 aliphatic heterocycles. The third kappa shape index (κ3) is 3.52. The second kappa shape index (κ2) is 6.97. The molecule has 1 aliphatic carbocycles. The predicted molar refractivity (Wildman–Crippen MR) is 103 cm³/mol. The lowest BCUT2D eigenvalue weighted by molar-refractivity contribution is -0.384. The molecular weight excluding hydrogens is 386 g/mol. The summed E-state index contributed by atoms with van der Waals surface area (Å²) in [7, 11) is -3.74. The first kappa shape index (κ1) is 18.5. The summed E-state index contributed by atoms with van der Waals surface area (Å²) in [6, 6.07) is 7.11. The van der Waals surface area contributed by atoms with Gasteiger partial charge >= 0.3 is 0 Å². The molecule has 1 atom stereocenters. The van der Waals surface area contributed by atoms with Crippen molar-refractivity contribution in [3.63, 3.8) is 0 Å². The van der Waals surface area contributed by atoms with Crippen LogP contribution in [0.25, 0.3) is 0 Å². The lowest BCUT2D eigenvalue weighted by Gasteiger charge is -2.29. The number of nitrogens with zero attached hydrogens (tertiary/aromatic N) is 2. The SMILES string of the molecule is O=[N+]([O-])c1ccc(S(=O)(=O)N(Cc2ccsc2)C2CC23CCNCC3)cc1. The van der Waals surface area contributed by atoms with Crippen LogP contribution < -0.4 is 5.32 Å². The number of hydrogen-bond donors (Lipinski definition) is 1. The molecule has 9 heteroatoms. The Morgan fingerprint density at radius 1 is 1.22 bits per heavy atom. The number of piperidine rings is 1. The van der Waals surface area contributed by atoms with E-state index in [2.05, 4.69) is 5.32 Å². The van der Waals surface area contributed by atoms with Gasteiger partial charge in [-0.15, -0.1) is 0 Å². The average molecular weight is 408 g/mol. The highest BCUT2D eigenvalue weighted by Gasteiger charge is 2.59. The Morgan fingerprint density at radius 2 is 1.93 bits per heavy atom. The number of nitro groups is 1. The number of nitro benzene ring substituents is 1. The van der Waals surface area contributed by atoms with Crippen molar-refractivity contribution >= 4 is 27.0 Å². The zero-order valence-corrected chi connectivity index (χ0v) is 16.3. The van der Waals surface area contributed by atoms with Crippen LogP contribution in [0.3, 0.4) is 0 Å². The van der Waals surface area contributed by atoms with Crippen molar-refractivity contribution in [2.45, 2.75) is 36.7 Å². The highest BCUT2D eigenvalue weighted by Crippen LogP contribution is 2.57. The van der Waals surface area contributed by atoms with Crippen LogP contribution in [-0.4, -0.2) is 36.8 Å². The van der Waals surface area contributed by atoms with Gasteiger partial charge in [0, 0.05) is 24.7 Å². The molecule has 0 bridgehead atoms. The zero-order valence-electron chi connectivity index (χ0n) is 14.7. The maximum Gasteiger partial charge on any atom is 0.269 e. The summed E-state index contributed by atoms with van der Waals surface area (Å²) in [5.41, 5.74) is 0.927. The number of nitrogens with one attached hydrogen (secondary N) is 1. The van der Waals surface area contributed by atoms with Gasteiger partial charge in [-0.05, 0) is 72.3 Å². The van der Waals surface area contributed by atoms with E-state index in [4.69, 9.17) is 0 Å². The van der Waals surface area contributed by atoms with Gasteiger partial charge in [-0.3, -0.25) is 10.1 Å². The minimum Gasteiger partial charge on any atom is -0.317 e. The number of sulfonamides is 1. The Hall–Kier alpha value is -1.81. The maximum atomic E-state index is 13.4. The fourth-order valence-corrected chi connectivity index (χ4v) is 6.36. The summed E-state index contributed by atoms with van der Waals surface area (Å²) in [5, 5.41) is 18.1. The highest BCUT2D eigenvalue weighted by molar-refractivity contribution is 7.89. The van der Waals surface area contributed by atoms with Gasteiger partial charge in [-0.1, -0.05) is 0 Å². The zero-order chi connectivity index (χ0) is 19.1. The molecule has 2 heterocycles. The number of non-ortho nitro benzene ring substituents is 1. The van der Waals surface area contributed by atoms with Crippen LogP contribution in [0.1, 0.15) is 24.8 Å². The number of thiophene rings is 1. The maximum absolute atomic E-state index is 13.4. The Bertz CT molecular complexity index is 920. The molecule has 2 aromatic rings. The van der Waals surface area contributed by atoms with E-state index in [0.717, 1.165) is 37.9 Å². The summed E-state index contributed by atoms with van der Waals surface area (Å²) in [4.78, 5) is 10.5. The van der Waals surface area contributed by atoms with Crippen LogP contribution in [0.15, 0.2) is 46.0 Å². The van der Waals surface area contributed by atoms with Crippen molar-refractivity contribution in [2.75, 3.05) is 13.1 Å². The van der Waals surface area contributed by atoms with Gasteiger partial charge in [-0.2, -0.15) is 15.6 Å². The first-order valence-corrected chi connectivity index (χ1v) is 11.3. The Labute approximate surface area is 162 Å². The largest absolute Gasteiger partial charge is 0.317 e. The van der Waals surface area contributed by atoms with Crippen molar-refractivity contribution in [1.29, 1.82) is 0 Å². The van der Waals surface area contributed by atoms with Gasteiger partial charge in [0.1, 0.15) is 0 Å². The molecule has 2 fully saturated rings. The van der Waals surface area contributed by atoms with Crippen molar-refractivity contribution in [2.24, 2.45) is 5.41 Å². The van der Waals surface area contributed by atoms with Crippen LogP contribution in [0.2, 0.25) is 0 Å². The Balaban J connectivity index is 1.66. The van der Waals surface area contributed by atoms with Crippen molar-refractivity contribution < 1.29 is 13.3 Å². The fourth-order valence-electron chi connectivity index (χ4n) is 4.00. The van der Waals surface area contributed by atoms with Gasteiger partial charge in [0.05, 0.1) is 9.82 Å². The van der Waals surface area contributed by atoms with Gasteiger partial charge in [0.2, 0.25) is 10.0 Å². The summed E-state index contributed by atoms with van der Waals surface area (Å²) in [5.74, 6) is 0. The third-order valence-electron chi connectivity index (χ3n) is 5.67. The van der Waals surface area contributed by atoms with E-state index in [9.17, 15) is 18.5 Å². The molecule has 1 aromatic carbocycles. The lowest BCUT2D eigenvalue weighted by atomic mass is 9.94. The van der Waals surface area contributed by atoms with Gasteiger partial charge in [0.15, 0.2) is 0 Å². The predicted octanol–water partition coefficient (Wildman–Crippen LogP) is 2.99. The second-order valence-corrected chi connectivity index (χ2v) is 9.94. The third-order valence-corrected chi connectivity index (χ3v) is 8.27. The van der Waals surface area contributed by atoms with E-state index in [1.165, 1.54) is 24.3 Å². The first-order chi connectivity index (χ1) is 12.9. The summed E-state index contributed by atoms with van der Waals surface area (Å²) in [6.45, 7) is 2.17. The normalized spacial score (nSPS) is 21.4. The number of rotatable bonds is 6. The van der Waals surface area contributed by atoms with E-state index < -0.39 is 14.9 Å². The fraction of sp³-hybridized carbons (Fsp3) is 0.444.